The Morgan fingerprint density at radius 2 is 1.32 bits per heavy atom. The molecule has 4 aliphatic carbocycles. The van der Waals surface area contributed by atoms with Crippen LogP contribution >= 0.6 is 0 Å². The molecule has 0 saturated heterocycles. The van der Waals surface area contributed by atoms with Crippen molar-refractivity contribution in [3.63, 3.8) is 0 Å². The van der Waals surface area contributed by atoms with Crippen LogP contribution in [0.15, 0.2) is 0 Å². The molecule has 0 unspecified atom stereocenters. The van der Waals surface area contributed by atoms with Gasteiger partial charge in [-0.25, -0.2) is 0 Å². The van der Waals surface area contributed by atoms with Gasteiger partial charge in [0.25, 0.3) is 0 Å². The van der Waals surface area contributed by atoms with Crippen molar-refractivity contribution in [2.24, 2.45) is 22.7 Å². The lowest BCUT2D eigenvalue weighted by molar-refractivity contribution is -0.0653. The van der Waals surface area contributed by atoms with Gasteiger partial charge in [0, 0.05) is 0 Å². The fourth-order valence-corrected chi connectivity index (χ4v) is 6.39. The summed E-state index contributed by atoms with van der Waals surface area (Å²) in [5.74, 6) is 2.19. The maximum absolute atomic E-state index is 2.36. The minimum atomic E-state index is 0.802. The van der Waals surface area contributed by atoms with E-state index in [-0.39, 0.29) is 0 Å². The molecule has 0 amide bonds. The van der Waals surface area contributed by atoms with Gasteiger partial charge >= 0.3 is 0 Å². The lowest BCUT2D eigenvalue weighted by Crippen LogP contribution is -2.46. The van der Waals surface area contributed by atoms with E-state index in [0.29, 0.717) is 0 Å². The Morgan fingerprint density at radius 1 is 0.727 bits per heavy atom. The van der Waals surface area contributed by atoms with E-state index >= 15 is 0 Å². The molecule has 128 valence electrons. The van der Waals surface area contributed by atoms with Crippen LogP contribution in [0, 0.1) is 22.7 Å². The van der Waals surface area contributed by atoms with E-state index in [1.54, 1.807) is 70.6 Å². The van der Waals surface area contributed by atoms with Gasteiger partial charge in [-0.3, -0.25) is 0 Å². The second-order valence-electron chi connectivity index (χ2n) is 9.33. The third-order valence-corrected chi connectivity index (χ3v) is 8.20. The molecule has 4 aliphatic rings. The summed E-state index contributed by atoms with van der Waals surface area (Å²) in [7, 11) is 0. The summed E-state index contributed by atoms with van der Waals surface area (Å²) in [6.07, 6.45) is 24.7. The van der Waals surface area contributed by atoms with Crippen molar-refractivity contribution in [3.8, 4) is 0 Å². The molecule has 4 saturated carbocycles. The van der Waals surface area contributed by atoms with Gasteiger partial charge < -0.3 is 0 Å². The molecule has 0 aromatic rings. The predicted molar refractivity (Wildman–Crippen MR) is 97.1 cm³/mol. The van der Waals surface area contributed by atoms with Gasteiger partial charge in [0.05, 0.1) is 0 Å². The molecule has 0 aromatic heterocycles. The maximum Gasteiger partial charge on any atom is -0.0269 e. The van der Waals surface area contributed by atoms with Crippen LogP contribution < -0.4 is 0 Å². The molecule has 0 radical (unpaired) electrons. The van der Waals surface area contributed by atoms with Crippen LogP contribution in [0.3, 0.4) is 0 Å². The molecule has 4 rings (SSSR count). The summed E-state index contributed by atoms with van der Waals surface area (Å²) in [5.41, 5.74) is 1.61. The second-order valence-corrected chi connectivity index (χ2v) is 9.33. The zero-order chi connectivity index (χ0) is 15.5. The fourth-order valence-electron chi connectivity index (χ4n) is 6.39. The molecule has 4 fully saturated rings. The van der Waals surface area contributed by atoms with Crippen LogP contribution in [0.5, 0.6) is 0 Å². The molecule has 0 nitrogen and oxygen atoms in total. The number of hydrogen-bond donors (Lipinski definition) is 0. The summed E-state index contributed by atoms with van der Waals surface area (Å²) >= 11 is 0. The van der Waals surface area contributed by atoms with Crippen molar-refractivity contribution in [1.82, 2.24) is 0 Å². The molecule has 22 heavy (non-hydrogen) atoms. The van der Waals surface area contributed by atoms with E-state index in [2.05, 4.69) is 13.8 Å². The average molecular weight is 305 g/mol. The molecule has 0 aliphatic heterocycles. The lowest BCUT2D eigenvalue weighted by Gasteiger charge is -2.58. The molecule has 0 N–H and O–H groups in total. The van der Waals surface area contributed by atoms with Crippen LogP contribution in [0.1, 0.15) is 117 Å². The minimum Gasteiger partial charge on any atom is -0.0654 e. The zero-order valence-electron chi connectivity index (χ0n) is 15.5. The monoisotopic (exact) mass is 304 g/mol. The van der Waals surface area contributed by atoms with Gasteiger partial charge in [-0.15, -0.1) is 0 Å². The molecule has 0 atom stereocenters. The normalized spacial score (nSPS) is 41.7. The quantitative estimate of drug-likeness (QED) is 0.456. The largest absolute Gasteiger partial charge is 0.0654 e. The number of fused-ring (bicyclic) bond motifs is 3. The Balaban J connectivity index is 1.50. The van der Waals surface area contributed by atoms with Gasteiger partial charge in [0.2, 0.25) is 0 Å². The SMILES string of the molecule is CCCCC12CCC([C@H]3CC[C@H](CCCC)CC3)(CC1)CC2. The lowest BCUT2D eigenvalue weighted by atomic mass is 9.47. The second kappa shape index (κ2) is 7.27. The van der Waals surface area contributed by atoms with Crippen molar-refractivity contribution in [2.75, 3.05) is 0 Å². The Bertz CT molecular complexity index is 309. The highest BCUT2D eigenvalue weighted by Crippen LogP contribution is 2.63. The first kappa shape index (κ1) is 16.8. The highest BCUT2D eigenvalue weighted by Gasteiger charge is 2.51. The van der Waals surface area contributed by atoms with E-state index in [4.69, 9.17) is 0 Å². The third-order valence-electron chi connectivity index (χ3n) is 8.20. The van der Waals surface area contributed by atoms with Gasteiger partial charge in [-0.1, -0.05) is 58.8 Å². The van der Waals surface area contributed by atoms with E-state index in [0.717, 1.165) is 22.7 Å². The van der Waals surface area contributed by atoms with Crippen LogP contribution in [0.2, 0.25) is 0 Å². The predicted octanol–water partition coefficient (Wildman–Crippen LogP) is 7.51. The third kappa shape index (κ3) is 3.41. The standard InChI is InChI=1S/C22H40/c1-3-5-7-19-8-10-20(11-9-19)22-16-13-21(14-17-22,15-18-22)12-6-4-2/h19-20H,3-18H2,1-2H3/t19-,20-,21?,22?. The van der Waals surface area contributed by atoms with Crippen molar-refractivity contribution >= 4 is 0 Å². The first-order valence-corrected chi connectivity index (χ1v) is 10.7. The van der Waals surface area contributed by atoms with E-state index in [1.807, 2.05) is 0 Å². The minimum absolute atomic E-state index is 0.802. The first-order chi connectivity index (χ1) is 10.7. The van der Waals surface area contributed by atoms with Crippen molar-refractivity contribution in [2.45, 2.75) is 117 Å². The number of hydrogen-bond acceptors (Lipinski definition) is 0. The molecule has 0 spiro atoms. The van der Waals surface area contributed by atoms with Gasteiger partial charge in [-0.05, 0) is 80.5 Å². The Hall–Kier alpha value is 0. The smallest absolute Gasteiger partial charge is 0.0269 e. The van der Waals surface area contributed by atoms with Crippen molar-refractivity contribution in [1.29, 1.82) is 0 Å². The Morgan fingerprint density at radius 3 is 1.86 bits per heavy atom. The first-order valence-electron chi connectivity index (χ1n) is 10.7. The van der Waals surface area contributed by atoms with Crippen LogP contribution in [-0.2, 0) is 0 Å². The molecule has 0 aromatic carbocycles. The Kier molecular flexibility index (Phi) is 5.56. The number of unbranched alkanes of at least 4 members (excludes halogenated alkanes) is 2. The summed E-state index contributed by atoms with van der Waals surface area (Å²) in [4.78, 5) is 0. The molecule has 2 bridgehead atoms. The molecular weight excluding hydrogens is 264 g/mol. The molecule has 0 heterocycles. The zero-order valence-corrected chi connectivity index (χ0v) is 15.5. The van der Waals surface area contributed by atoms with Crippen LogP contribution in [0.25, 0.3) is 0 Å². The Labute approximate surface area is 139 Å². The summed E-state index contributed by atoms with van der Waals surface area (Å²) in [6.45, 7) is 4.71. The van der Waals surface area contributed by atoms with Gasteiger partial charge in [-0.2, -0.15) is 0 Å². The highest BCUT2D eigenvalue weighted by atomic mass is 14.6. The molecule has 0 heteroatoms. The van der Waals surface area contributed by atoms with Crippen molar-refractivity contribution < 1.29 is 0 Å². The van der Waals surface area contributed by atoms with Gasteiger partial charge in [0.1, 0.15) is 0 Å². The van der Waals surface area contributed by atoms with Crippen LogP contribution in [-0.4, -0.2) is 0 Å². The topological polar surface area (TPSA) is 0 Å². The highest BCUT2D eigenvalue weighted by molar-refractivity contribution is 5.02. The van der Waals surface area contributed by atoms with Gasteiger partial charge in [0.15, 0.2) is 0 Å². The van der Waals surface area contributed by atoms with E-state index in [9.17, 15) is 0 Å². The summed E-state index contributed by atoms with van der Waals surface area (Å²) < 4.78 is 0. The van der Waals surface area contributed by atoms with E-state index in [1.165, 1.54) is 32.1 Å². The summed E-state index contributed by atoms with van der Waals surface area (Å²) in [6, 6.07) is 0. The average Bonchev–Trinajstić information content (AvgIpc) is 2.60. The van der Waals surface area contributed by atoms with Crippen LogP contribution in [0.4, 0.5) is 0 Å². The molecular formula is C22H40. The number of rotatable bonds is 7. The maximum atomic E-state index is 2.36. The fraction of sp³-hybridized carbons (Fsp3) is 1.00. The summed E-state index contributed by atoms with van der Waals surface area (Å²) in [5, 5.41) is 0. The van der Waals surface area contributed by atoms with Crippen molar-refractivity contribution in [3.05, 3.63) is 0 Å². The van der Waals surface area contributed by atoms with E-state index < -0.39 is 0 Å².